The highest BCUT2D eigenvalue weighted by Crippen LogP contribution is 2.17. The Hall–Kier alpha value is -0.0800. The maximum Gasteiger partial charge on any atom is 0.0613 e. The van der Waals surface area contributed by atoms with E-state index in [1.54, 1.807) is 0 Å². The third-order valence-corrected chi connectivity index (χ3v) is 2.47. The molecule has 0 aliphatic rings. The van der Waals surface area contributed by atoms with Gasteiger partial charge in [-0.25, -0.2) is 0 Å². The minimum Gasteiger partial charge on any atom is -0.396 e. The number of unbranched alkanes of at least 4 members (excludes halogenated alkanes) is 1. The van der Waals surface area contributed by atoms with Gasteiger partial charge in [0.2, 0.25) is 0 Å². The predicted molar refractivity (Wildman–Crippen MR) is 50.9 cm³/mol. The van der Waals surface area contributed by atoms with Crippen LogP contribution in [0.4, 0.5) is 0 Å². The van der Waals surface area contributed by atoms with E-state index in [1.807, 2.05) is 13.8 Å². The Morgan fingerprint density at radius 3 is 2.17 bits per heavy atom. The zero-order chi connectivity index (χ0) is 9.56. The maximum atomic E-state index is 9.65. The van der Waals surface area contributed by atoms with Crippen LogP contribution in [-0.2, 0) is 0 Å². The second-order valence-electron chi connectivity index (χ2n) is 3.77. The first-order chi connectivity index (χ1) is 5.63. The van der Waals surface area contributed by atoms with E-state index in [9.17, 15) is 5.11 Å². The van der Waals surface area contributed by atoms with Crippen LogP contribution in [0.3, 0.4) is 0 Å². The van der Waals surface area contributed by atoms with Crippen LogP contribution in [0.5, 0.6) is 0 Å². The standard InChI is InChI=1S/C10H22O2/c1-4-5-6-8(2)10(12)9(3)7-11/h8-12H,4-7H2,1-3H3. The molecule has 74 valence electrons. The molecule has 2 heteroatoms. The zero-order valence-corrected chi connectivity index (χ0v) is 8.45. The minimum absolute atomic E-state index is 0.0110. The molecule has 0 heterocycles. The molecule has 0 aliphatic heterocycles. The molecular formula is C10H22O2. The summed E-state index contributed by atoms with van der Waals surface area (Å²) in [6.45, 7) is 6.16. The summed E-state index contributed by atoms with van der Waals surface area (Å²) in [5, 5.41) is 18.5. The fraction of sp³-hybridized carbons (Fsp3) is 1.00. The second kappa shape index (κ2) is 6.44. The van der Waals surface area contributed by atoms with Crippen LogP contribution < -0.4 is 0 Å². The summed E-state index contributed by atoms with van der Waals surface area (Å²) in [4.78, 5) is 0. The largest absolute Gasteiger partial charge is 0.396 e. The van der Waals surface area contributed by atoms with Gasteiger partial charge in [-0.05, 0) is 12.3 Å². The Kier molecular flexibility index (Phi) is 6.39. The van der Waals surface area contributed by atoms with E-state index in [1.165, 1.54) is 6.42 Å². The normalized spacial score (nSPS) is 18.8. The second-order valence-corrected chi connectivity index (χ2v) is 3.77. The summed E-state index contributed by atoms with van der Waals surface area (Å²) in [7, 11) is 0. The lowest BCUT2D eigenvalue weighted by atomic mass is 9.90. The van der Waals surface area contributed by atoms with Crippen molar-refractivity contribution < 1.29 is 10.2 Å². The van der Waals surface area contributed by atoms with Gasteiger partial charge in [0.1, 0.15) is 0 Å². The Morgan fingerprint density at radius 2 is 1.75 bits per heavy atom. The van der Waals surface area contributed by atoms with Gasteiger partial charge in [-0.15, -0.1) is 0 Å². The van der Waals surface area contributed by atoms with Crippen molar-refractivity contribution in [1.29, 1.82) is 0 Å². The molecule has 3 atom stereocenters. The van der Waals surface area contributed by atoms with Crippen LogP contribution >= 0.6 is 0 Å². The molecule has 3 unspecified atom stereocenters. The number of aliphatic hydroxyl groups excluding tert-OH is 2. The monoisotopic (exact) mass is 174 g/mol. The van der Waals surface area contributed by atoms with Crippen molar-refractivity contribution in [2.75, 3.05) is 6.61 Å². The number of hydrogen-bond donors (Lipinski definition) is 2. The van der Waals surface area contributed by atoms with E-state index in [2.05, 4.69) is 6.92 Å². The first-order valence-corrected chi connectivity index (χ1v) is 4.92. The molecule has 0 fully saturated rings. The highest BCUT2D eigenvalue weighted by atomic mass is 16.3. The number of aliphatic hydroxyl groups is 2. The third kappa shape index (κ3) is 4.07. The van der Waals surface area contributed by atoms with Crippen LogP contribution in [0.25, 0.3) is 0 Å². The van der Waals surface area contributed by atoms with Gasteiger partial charge in [0.15, 0.2) is 0 Å². The summed E-state index contributed by atoms with van der Waals surface area (Å²) in [5.41, 5.74) is 0. The smallest absolute Gasteiger partial charge is 0.0613 e. The van der Waals surface area contributed by atoms with Crippen LogP contribution in [0.15, 0.2) is 0 Å². The topological polar surface area (TPSA) is 40.5 Å². The lowest BCUT2D eigenvalue weighted by Gasteiger charge is -2.23. The maximum absolute atomic E-state index is 9.65. The highest BCUT2D eigenvalue weighted by molar-refractivity contribution is 4.69. The summed E-state index contributed by atoms with van der Waals surface area (Å²) in [5.74, 6) is 0.323. The third-order valence-electron chi connectivity index (χ3n) is 2.47. The average Bonchev–Trinajstić information content (AvgIpc) is 2.11. The predicted octanol–water partition coefficient (Wildman–Crippen LogP) is 1.80. The molecule has 2 N–H and O–H groups in total. The van der Waals surface area contributed by atoms with Gasteiger partial charge in [-0.3, -0.25) is 0 Å². The van der Waals surface area contributed by atoms with Gasteiger partial charge < -0.3 is 10.2 Å². The van der Waals surface area contributed by atoms with Crippen molar-refractivity contribution in [2.45, 2.75) is 46.1 Å². The Labute approximate surface area is 75.6 Å². The molecule has 0 rings (SSSR count). The minimum atomic E-state index is -0.346. The summed E-state index contributed by atoms with van der Waals surface area (Å²) >= 11 is 0. The van der Waals surface area contributed by atoms with E-state index in [4.69, 9.17) is 5.11 Å². The first kappa shape index (κ1) is 11.9. The van der Waals surface area contributed by atoms with Crippen LogP contribution in [0, 0.1) is 11.8 Å². The Balaban J connectivity index is 3.67. The molecule has 12 heavy (non-hydrogen) atoms. The van der Waals surface area contributed by atoms with Gasteiger partial charge >= 0.3 is 0 Å². The van der Waals surface area contributed by atoms with Crippen LogP contribution in [0.1, 0.15) is 40.0 Å². The van der Waals surface area contributed by atoms with Crippen molar-refractivity contribution >= 4 is 0 Å². The lowest BCUT2D eigenvalue weighted by Crippen LogP contribution is -2.27. The van der Waals surface area contributed by atoms with E-state index < -0.39 is 0 Å². The van der Waals surface area contributed by atoms with Gasteiger partial charge in [-0.1, -0.05) is 33.6 Å². The summed E-state index contributed by atoms with van der Waals surface area (Å²) in [6.07, 6.45) is 3.05. The van der Waals surface area contributed by atoms with Crippen molar-refractivity contribution in [3.05, 3.63) is 0 Å². The average molecular weight is 174 g/mol. The van der Waals surface area contributed by atoms with Crippen LogP contribution in [-0.4, -0.2) is 22.9 Å². The molecule has 0 saturated heterocycles. The number of rotatable bonds is 6. The SMILES string of the molecule is CCCCC(C)C(O)C(C)CO. The molecule has 0 aliphatic carbocycles. The van der Waals surface area contributed by atoms with Gasteiger partial charge in [0, 0.05) is 12.5 Å². The molecule has 0 amide bonds. The Bertz CT molecular complexity index is 104. The quantitative estimate of drug-likeness (QED) is 0.644. The molecule has 0 radical (unpaired) electrons. The molecule has 0 bridgehead atoms. The van der Waals surface area contributed by atoms with E-state index >= 15 is 0 Å². The van der Waals surface area contributed by atoms with Gasteiger partial charge in [0.05, 0.1) is 6.10 Å². The summed E-state index contributed by atoms with van der Waals surface area (Å²) < 4.78 is 0. The van der Waals surface area contributed by atoms with Crippen molar-refractivity contribution in [2.24, 2.45) is 11.8 Å². The Morgan fingerprint density at radius 1 is 1.17 bits per heavy atom. The molecule has 2 nitrogen and oxygen atoms in total. The fourth-order valence-electron chi connectivity index (χ4n) is 1.37. The van der Waals surface area contributed by atoms with E-state index in [-0.39, 0.29) is 18.6 Å². The van der Waals surface area contributed by atoms with Crippen molar-refractivity contribution in [1.82, 2.24) is 0 Å². The molecule has 0 spiro atoms. The van der Waals surface area contributed by atoms with Crippen LogP contribution in [0.2, 0.25) is 0 Å². The van der Waals surface area contributed by atoms with Gasteiger partial charge in [-0.2, -0.15) is 0 Å². The first-order valence-electron chi connectivity index (χ1n) is 4.92. The van der Waals surface area contributed by atoms with E-state index in [0.29, 0.717) is 5.92 Å². The van der Waals surface area contributed by atoms with Crippen molar-refractivity contribution in [3.8, 4) is 0 Å². The molecular weight excluding hydrogens is 152 g/mol. The zero-order valence-electron chi connectivity index (χ0n) is 8.45. The van der Waals surface area contributed by atoms with E-state index in [0.717, 1.165) is 12.8 Å². The van der Waals surface area contributed by atoms with Crippen molar-refractivity contribution in [3.63, 3.8) is 0 Å². The fourth-order valence-corrected chi connectivity index (χ4v) is 1.37. The molecule has 0 aromatic rings. The highest BCUT2D eigenvalue weighted by Gasteiger charge is 2.19. The lowest BCUT2D eigenvalue weighted by molar-refractivity contribution is 0.0332. The molecule has 0 aromatic carbocycles. The summed E-state index contributed by atoms with van der Waals surface area (Å²) in [6, 6.07) is 0. The van der Waals surface area contributed by atoms with Gasteiger partial charge in [0.25, 0.3) is 0 Å². The molecule has 0 saturated carbocycles. The molecule has 0 aromatic heterocycles. The number of hydrogen-bond acceptors (Lipinski definition) is 2.